The molecule has 0 atom stereocenters. The highest BCUT2D eigenvalue weighted by Crippen LogP contribution is 2.30. The second kappa shape index (κ2) is 5.53. The van der Waals surface area contributed by atoms with Gasteiger partial charge in [-0.15, -0.1) is 0 Å². The Morgan fingerprint density at radius 2 is 1.67 bits per heavy atom. The molecule has 0 aliphatic heterocycles. The second-order valence-electron chi connectivity index (χ2n) is 6.15. The van der Waals surface area contributed by atoms with E-state index in [1.165, 1.54) is 42.4 Å². The number of ether oxygens (including phenoxy) is 1. The molecule has 0 amide bonds. The molecule has 108 valence electrons. The first-order valence-corrected chi connectivity index (χ1v) is 7.97. The lowest BCUT2D eigenvalue weighted by Crippen LogP contribution is -2.15. The zero-order valence-electron chi connectivity index (χ0n) is 12.2. The lowest BCUT2D eigenvalue weighted by Gasteiger charge is -2.11. The van der Waals surface area contributed by atoms with Crippen LogP contribution >= 0.6 is 0 Å². The molecular weight excluding hydrogens is 258 g/mol. The van der Waals surface area contributed by atoms with Crippen LogP contribution in [0.1, 0.15) is 31.2 Å². The van der Waals surface area contributed by atoms with E-state index < -0.39 is 0 Å². The molecule has 21 heavy (non-hydrogen) atoms. The van der Waals surface area contributed by atoms with E-state index in [-0.39, 0.29) is 0 Å². The van der Waals surface area contributed by atoms with E-state index in [0.29, 0.717) is 6.10 Å². The molecule has 2 fully saturated rings. The third-order valence-corrected chi connectivity index (χ3v) is 4.17. The topological polar surface area (TPSA) is 21.3 Å². The van der Waals surface area contributed by atoms with Crippen molar-refractivity contribution in [3.63, 3.8) is 0 Å². The fourth-order valence-electron chi connectivity index (χ4n) is 2.59. The third kappa shape index (κ3) is 3.27. The van der Waals surface area contributed by atoms with Gasteiger partial charge in [-0.3, -0.25) is 0 Å². The van der Waals surface area contributed by atoms with Gasteiger partial charge in [0.1, 0.15) is 5.75 Å². The van der Waals surface area contributed by atoms with Crippen molar-refractivity contribution in [3.05, 3.63) is 54.1 Å². The van der Waals surface area contributed by atoms with Gasteiger partial charge in [-0.25, -0.2) is 0 Å². The molecule has 0 bridgehead atoms. The predicted octanol–water partition coefficient (Wildman–Crippen LogP) is 4.15. The summed E-state index contributed by atoms with van der Waals surface area (Å²) in [6, 6.07) is 18.0. The minimum atomic E-state index is 0.464. The van der Waals surface area contributed by atoms with Crippen LogP contribution in [0.25, 0.3) is 11.1 Å². The highest BCUT2D eigenvalue weighted by Gasteiger charge is 2.23. The maximum absolute atomic E-state index is 5.82. The molecule has 0 saturated heterocycles. The molecule has 2 heteroatoms. The summed E-state index contributed by atoms with van der Waals surface area (Å²) in [6.45, 7) is 0.959. The van der Waals surface area contributed by atoms with Crippen LogP contribution in [0.3, 0.4) is 0 Å². The van der Waals surface area contributed by atoms with E-state index in [1.807, 2.05) is 0 Å². The smallest absolute Gasteiger partial charge is 0.119 e. The van der Waals surface area contributed by atoms with Gasteiger partial charge in [-0.1, -0.05) is 36.4 Å². The number of hydrogen-bond acceptors (Lipinski definition) is 2. The zero-order chi connectivity index (χ0) is 14.1. The molecule has 2 saturated carbocycles. The van der Waals surface area contributed by atoms with Crippen molar-refractivity contribution in [3.8, 4) is 16.9 Å². The van der Waals surface area contributed by atoms with Crippen LogP contribution in [0.2, 0.25) is 0 Å². The van der Waals surface area contributed by atoms with E-state index in [0.717, 1.165) is 18.3 Å². The van der Waals surface area contributed by atoms with Gasteiger partial charge < -0.3 is 10.1 Å². The minimum absolute atomic E-state index is 0.464. The van der Waals surface area contributed by atoms with Crippen molar-refractivity contribution < 1.29 is 4.74 Å². The van der Waals surface area contributed by atoms with Crippen molar-refractivity contribution in [1.82, 2.24) is 5.32 Å². The van der Waals surface area contributed by atoms with E-state index in [1.54, 1.807) is 0 Å². The summed E-state index contributed by atoms with van der Waals surface area (Å²) in [7, 11) is 0. The molecule has 2 aliphatic carbocycles. The summed E-state index contributed by atoms with van der Waals surface area (Å²) in [4.78, 5) is 0. The maximum atomic E-state index is 5.82. The predicted molar refractivity (Wildman–Crippen MR) is 85.4 cm³/mol. The summed E-state index contributed by atoms with van der Waals surface area (Å²) in [6.07, 6.45) is 5.53. The summed E-state index contributed by atoms with van der Waals surface area (Å²) in [5, 5.41) is 3.60. The van der Waals surface area contributed by atoms with Crippen molar-refractivity contribution in [1.29, 1.82) is 0 Å². The summed E-state index contributed by atoms with van der Waals surface area (Å²) < 4.78 is 5.82. The Kier molecular flexibility index (Phi) is 3.40. The molecule has 1 N–H and O–H groups in total. The molecule has 2 nitrogen and oxygen atoms in total. The van der Waals surface area contributed by atoms with Gasteiger partial charge >= 0.3 is 0 Å². The minimum Gasteiger partial charge on any atom is -0.490 e. The first-order chi connectivity index (χ1) is 10.4. The number of hydrogen-bond donors (Lipinski definition) is 1. The van der Waals surface area contributed by atoms with Crippen molar-refractivity contribution >= 4 is 0 Å². The lowest BCUT2D eigenvalue weighted by molar-refractivity contribution is 0.303. The number of rotatable bonds is 6. The monoisotopic (exact) mass is 279 g/mol. The first kappa shape index (κ1) is 12.9. The fraction of sp³-hybridized carbons (Fsp3) is 0.368. The van der Waals surface area contributed by atoms with Crippen LogP contribution in [0.5, 0.6) is 5.75 Å². The first-order valence-electron chi connectivity index (χ1n) is 7.97. The Morgan fingerprint density at radius 1 is 0.905 bits per heavy atom. The molecule has 0 heterocycles. The third-order valence-electron chi connectivity index (χ3n) is 4.17. The van der Waals surface area contributed by atoms with Crippen LogP contribution in [0.4, 0.5) is 0 Å². The van der Waals surface area contributed by atoms with E-state index in [2.05, 4.69) is 53.8 Å². The Labute approximate surface area is 126 Å². The van der Waals surface area contributed by atoms with Crippen molar-refractivity contribution in [2.24, 2.45) is 0 Å². The van der Waals surface area contributed by atoms with Gasteiger partial charge in [0.25, 0.3) is 0 Å². The number of benzene rings is 2. The van der Waals surface area contributed by atoms with E-state index in [9.17, 15) is 0 Å². The van der Waals surface area contributed by atoms with Gasteiger partial charge in [-0.05, 0) is 54.5 Å². The largest absolute Gasteiger partial charge is 0.490 e. The maximum Gasteiger partial charge on any atom is 0.119 e. The highest BCUT2D eigenvalue weighted by molar-refractivity contribution is 5.68. The molecule has 0 aromatic heterocycles. The lowest BCUT2D eigenvalue weighted by atomic mass is 9.99. The average molecular weight is 279 g/mol. The Bertz CT molecular complexity index is 612. The Morgan fingerprint density at radius 3 is 2.38 bits per heavy atom. The van der Waals surface area contributed by atoms with Gasteiger partial charge in [-0.2, -0.15) is 0 Å². The van der Waals surface area contributed by atoms with Crippen LogP contribution in [0, 0.1) is 0 Å². The molecule has 2 aromatic carbocycles. The van der Waals surface area contributed by atoms with Gasteiger partial charge in [0.05, 0.1) is 6.10 Å². The molecule has 2 aromatic rings. The summed E-state index contributed by atoms with van der Waals surface area (Å²) in [5.41, 5.74) is 3.97. The van der Waals surface area contributed by atoms with E-state index >= 15 is 0 Å². The molecule has 0 unspecified atom stereocenters. The molecule has 4 rings (SSSR count). The zero-order valence-corrected chi connectivity index (χ0v) is 12.2. The van der Waals surface area contributed by atoms with Crippen LogP contribution in [-0.4, -0.2) is 12.1 Å². The quantitative estimate of drug-likeness (QED) is 0.857. The summed E-state index contributed by atoms with van der Waals surface area (Å²) >= 11 is 0. The Balaban J connectivity index is 1.53. The summed E-state index contributed by atoms with van der Waals surface area (Å²) in [5.74, 6) is 0.995. The van der Waals surface area contributed by atoms with Crippen LogP contribution in [0.15, 0.2) is 48.5 Å². The van der Waals surface area contributed by atoms with Gasteiger partial charge in [0, 0.05) is 12.6 Å². The SMILES string of the molecule is c1ccc(-c2ccc(OC3CC3)cc2)c(CNC2CC2)c1. The van der Waals surface area contributed by atoms with Crippen molar-refractivity contribution in [2.75, 3.05) is 0 Å². The molecule has 2 aliphatic rings. The van der Waals surface area contributed by atoms with E-state index in [4.69, 9.17) is 4.74 Å². The second-order valence-corrected chi connectivity index (χ2v) is 6.15. The fourth-order valence-corrected chi connectivity index (χ4v) is 2.59. The van der Waals surface area contributed by atoms with Gasteiger partial charge in [0.2, 0.25) is 0 Å². The molecule has 0 radical (unpaired) electrons. The van der Waals surface area contributed by atoms with Crippen LogP contribution in [-0.2, 0) is 6.54 Å². The normalized spacial score (nSPS) is 17.7. The Hall–Kier alpha value is -1.80. The van der Waals surface area contributed by atoms with Crippen molar-refractivity contribution in [2.45, 2.75) is 44.4 Å². The number of nitrogens with one attached hydrogen (secondary N) is 1. The standard InChI is InChI=1S/C19H21NO/c1-2-4-19(15(3-1)13-20-16-7-8-16)14-5-9-17(10-6-14)21-18-11-12-18/h1-6,9-10,16,18,20H,7-8,11-13H2. The molecular formula is C19H21NO. The highest BCUT2D eigenvalue weighted by atomic mass is 16.5. The molecule has 0 spiro atoms. The van der Waals surface area contributed by atoms with Crippen LogP contribution < -0.4 is 10.1 Å². The van der Waals surface area contributed by atoms with Gasteiger partial charge in [0.15, 0.2) is 0 Å². The average Bonchev–Trinajstić information content (AvgIpc) is 3.42.